The molecule has 0 radical (unpaired) electrons. The molecule has 0 bridgehead atoms. The molecule has 2 aromatic heterocycles. The molecule has 148 valence electrons. The number of hydrogen-bond donors (Lipinski definition) is 1. The molecule has 1 N–H and O–H groups in total. The molecule has 4 aromatic rings. The van der Waals surface area contributed by atoms with Crippen LogP contribution in [0.1, 0.15) is 18.2 Å². The van der Waals surface area contributed by atoms with Crippen LogP contribution >= 0.6 is 23.1 Å². The molecule has 0 fully saturated rings. The molecule has 0 saturated carbocycles. The lowest BCUT2D eigenvalue weighted by atomic mass is 10.2. The van der Waals surface area contributed by atoms with E-state index in [1.807, 2.05) is 54.8 Å². The maximum Gasteiger partial charge on any atom is 0.277 e. The number of thioether (sulfide) groups is 1. The molecule has 0 saturated heterocycles. The van der Waals surface area contributed by atoms with Gasteiger partial charge >= 0.3 is 0 Å². The van der Waals surface area contributed by atoms with Crippen molar-refractivity contribution < 1.29 is 9.15 Å². The predicted molar refractivity (Wildman–Crippen MR) is 117 cm³/mol. The van der Waals surface area contributed by atoms with Crippen LogP contribution in [-0.4, -0.2) is 21.8 Å². The minimum absolute atomic E-state index is 0.455. The molecule has 0 aliphatic heterocycles. The second-order valence-corrected chi connectivity index (χ2v) is 7.96. The van der Waals surface area contributed by atoms with Gasteiger partial charge in [-0.1, -0.05) is 42.1 Å². The Bertz CT molecular complexity index is 1090. The van der Waals surface area contributed by atoms with Gasteiger partial charge in [0, 0.05) is 16.8 Å². The van der Waals surface area contributed by atoms with E-state index in [2.05, 4.69) is 33.5 Å². The van der Waals surface area contributed by atoms with Gasteiger partial charge in [0.15, 0.2) is 5.13 Å². The Morgan fingerprint density at radius 1 is 1.10 bits per heavy atom. The van der Waals surface area contributed by atoms with Crippen LogP contribution in [0.25, 0.3) is 11.5 Å². The minimum Gasteiger partial charge on any atom is -0.493 e. The van der Waals surface area contributed by atoms with E-state index in [1.165, 1.54) is 17.3 Å². The second-order valence-electron chi connectivity index (χ2n) is 6.17. The molecule has 2 aromatic carbocycles. The number of nitrogens with zero attached hydrogens (tertiary/aromatic N) is 3. The summed E-state index contributed by atoms with van der Waals surface area (Å²) in [6.45, 7) is 4.60. The van der Waals surface area contributed by atoms with Crippen molar-refractivity contribution in [1.29, 1.82) is 0 Å². The van der Waals surface area contributed by atoms with Gasteiger partial charge in [0.2, 0.25) is 0 Å². The summed E-state index contributed by atoms with van der Waals surface area (Å²) in [5.41, 5.74) is 4.01. The van der Waals surface area contributed by atoms with Crippen LogP contribution in [0.15, 0.2) is 63.6 Å². The molecule has 8 heteroatoms. The monoisotopic (exact) mass is 424 g/mol. The van der Waals surface area contributed by atoms with E-state index in [9.17, 15) is 0 Å². The molecule has 6 nitrogen and oxygen atoms in total. The van der Waals surface area contributed by atoms with Crippen LogP contribution in [0.2, 0.25) is 0 Å². The molecule has 0 unspecified atom stereocenters. The van der Waals surface area contributed by atoms with Gasteiger partial charge in [0.05, 0.1) is 17.9 Å². The topological polar surface area (TPSA) is 73.1 Å². The first kappa shape index (κ1) is 19.5. The van der Waals surface area contributed by atoms with Crippen LogP contribution in [0.5, 0.6) is 5.75 Å². The highest BCUT2D eigenvalue weighted by atomic mass is 32.2. The van der Waals surface area contributed by atoms with Crippen molar-refractivity contribution in [3.05, 3.63) is 65.2 Å². The number of aromatic nitrogens is 3. The van der Waals surface area contributed by atoms with Gasteiger partial charge in [0.1, 0.15) is 5.75 Å². The van der Waals surface area contributed by atoms with Gasteiger partial charge in [-0.3, -0.25) is 0 Å². The van der Waals surface area contributed by atoms with Gasteiger partial charge in [-0.2, -0.15) is 0 Å². The van der Waals surface area contributed by atoms with Crippen LogP contribution in [-0.2, 0) is 5.75 Å². The van der Waals surface area contributed by atoms with Crippen molar-refractivity contribution in [2.24, 2.45) is 0 Å². The smallest absolute Gasteiger partial charge is 0.277 e. The number of thiazole rings is 1. The molecule has 2 heterocycles. The molecule has 4 rings (SSSR count). The Labute approximate surface area is 177 Å². The van der Waals surface area contributed by atoms with Crippen LogP contribution in [0.3, 0.4) is 0 Å². The SMILES string of the molecule is CCOc1ccccc1-c1nnc(SCc2csc(Nc3ccccc3C)n2)o1. The number of anilines is 2. The number of hydrogen-bond acceptors (Lipinski definition) is 8. The Morgan fingerprint density at radius 3 is 2.79 bits per heavy atom. The zero-order valence-electron chi connectivity index (χ0n) is 16.1. The van der Waals surface area contributed by atoms with Crippen molar-refractivity contribution >= 4 is 33.9 Å². The van der Waals surface area contributed by atoms with Gasteiger partial charge in [-0.05, 0) is 37.6 Å². The molecule has 0 aliphatic rings. The summed E-state index contributed by atoms with van der Waals surface area (Å²) in [5.74, 6) is 1.85. The fraction of sp³-hybridized carbons (Fsp3) is 0.190. The molecule has 29 heavy (non-hydrogen) atoms. The minimum atomic E-state index is 0.455. The Balaban J connectivity index is 1.40. The lowest BCUT2D eigenvalue weighted by Gasteiger charge is -2.06. The highest BCUT2D eigenvalue weighted by molar-refractivity contribution is 7.98. The Hall–Kier alpha value is -2.84. The molecular weight excluding hydrogens is 404 g/mol. The summed E-state index contributed by atoms with van der Waals surface area (Å²) in [6.07, 6.45) is 0. The zero-order valence-corrected chi connectivity index (χ0v) is 17.7. The average molecular weight is 425 g/mol. The number of benzene rings is 2. The first-order valence-electron chi connectivity index (χ1n) is 9.18. The highest BCUT2D eigenvalue weighted by Crippen LogP contribution is 2.32. The summed E-state index contributed by atoms with van der Waals surface area (Å²) in [7, 11) is 0. The molecule has 0 atom stereocenters. The molecule has 0 aliphatic carbocycles. The average Bonchev–Trinajstić information content (AvgIpc) is 3.38. The number of aryl methyl sites for hydroxylation is 1. The number of para-hydroxylation sites is 2. The standard InChI is InChI=1S/C21H20N4O2S2/c1-3-26-18-11-7-5-9-16(18)19-24-25-21(27-19)29-13-15-12-28-20(22-15)23-17-10-6-4-8-14(17)2/h4-12H,3,13H2,1-2H3,(H,22,23). The largest absolute Gasteiger partial charge is 0.493 e. The third-order valence-electron chi connectivity index (χ3n) is 4.11. The Kier molecular flexibility index (Phi) is 6.12. The maximum absolute atomic E-state index is 5.82. The number of ether oxygens (including phenoxy) is 1. The van der Waals surface area contributed by atoms with E-state index >= 15 is 0 Å². The first-order chi connectivity index (χ1) is 14.2. The van der Waals surface area contributed by atoms with E-state index in [4.69, 9.17) is 9.15 Å². The zero-order chi connectivity index (χ0) is 20.1. The maximum atomic E-state index is 5.82. The highest BCUT2D eigenvalue weighted by Gasteiger charge is 2.14. The van der Waals surface area contributed by atoms with Crippen LogP contribution in [0.4, 0.5) is 10.8 Å². The van der Waals surface area contributed by atoms with Crippen molar-refractivity contribution in [3.8, 4) is 17.2 Å². The predicted octanol–water partition coefficient (Wildman–Crippen LogP) is 5.94. The summed E-state index contributed by atoms with van der Waals surface area (Å²) < 4.78 is 11.5. The molecule has 0 spiro atoms. The van der Waals surface area contributed by atoms with E-state index < -0.39 is 0 Å². The van der Waals surface area contributed by atoms with E-state index in [-0.39, 0.29) is 0 Å². The third-order valence-corrected chi connectivity index (χ3v) is 5.76. The first-order valence-corrected chi connectivity index (χ1v) is 11.0. The van der Waals surface area contributed by atoms with Crippen molar-refractivity contribution in [1.82, 2.24) is 15.2 Å². The summed E-state index contributed by atoms with van der Waals surface area (Å²) in [5, 5.41) is 15.1. The summed E-state index contributed by atoms with van der Waals surface area (Å²) in [6, 6.07) is 15.8. The van der Waals surface area contributed by atoms with E-state index in [1.54, 1.807) is 11.3 Å². The van der Waals surface area contributed by atoms with Crippen molar-refractivity contribution in [2.45, 2.75) is 24.8 Å². The fourth-order valence-corrected chi connectivity index (χ4v) is 4.18. The quantitative estimate of drug-likeness (QED) is 0.351. The van der Waals surface area contributed by atoms with Gasteiger partial charge in [-0.15, -0.1) is 21.5 Å². The third kappa shape index (κ3) is 4.78. The molecule has 0 amide bonds. The summed E-state index contributed by atoms with van der Waals surface area (Å²) >= 11 is 3.05. The van der Waals surface area contributed by atoms with Crippen molar-refractivity contribution in [3.63, 3.8) is 0 Å². The van der Waals surface area contributed by atoms with E-state index in [0.29, 0.717) is 23.5 Å². The second kappa shape index (κ2) is 9.11. The van der Waals surface area contributed by atoms with E-state index in [0.717, 1.165) is 27.8 Å². The lowest BCUT2D eigenvalue weighted by molar-refractivity contribution is 0.340. The van der Waals surface area contributed by atoms with Gasteiger partial charge in [0.25, 0.3) is 11.1 Å². The molecular formula is C21H20N4O2S2. The summed E-state index contributed by atoms with van der Waals surface area (Å²) in [4.78, 5) is 4.64. The van der Waals surface area contributed by atoms with Gasteiger partial charge < -0.3 is 14.5 Å². The normalized spacial score (nSPS) is 10.8. The van der Waals surface area contributed by atoms with Crippen LogP contribution < -0.4 is 10.1 Å². The van der Waals surface area contributed by atoms with Crippen LogP contribution in [0, 0.1) is 6.92 Å². The van der Waals surface area contributed by atoms with Crippen molar-refractivity contribution in [2.75, 3.05) is 11.9 Å². The fourth-order valence-electron chi connectivity index (χ4n) is 2.70. The number of rotatable bonds is 8. The Morgan fingerprint density at radius 2 is 1.93 bits per heavy atom. The number of nitrogens with one attached hydrogen (secondary N) is 1. The lowest BCUT2D eigenvalue weighted by Crippen LogP contribution is -1.93. The van der Waals surface area contributed by atoms with Gasteiger partial charge in [-0.25, -0.2) is 4.98 Å².